The molecule has 0 radical (unpaired) electrons. The number of halogens is 1. The van der Waals surface area contributed by atoms with Crippen LogP contribution in [0.25, 0.3) is 22.1 Å². The number of hydrogen-bond donors (Lipinski definition) is 1. The minimum atomic E-state index is 0.586. The van der Waals surface area contributed by atoms with Gasteiger partial charge in [-0.1, -0.05) is 11.9 Å². The Morgan fingerprint density at radius 3 is 2.44 bits per heavy atom. The molecule has 274 valence electrons. The highest BCUT2D eigenvalue weighted by atomic mass is 127. The van der Waals surface area contributed by atoms with Gasteiger partial charge in [0.2, 0.25) is 5.95 Å². The normalized spacial score (nSPS) is 17.6. The Morgan fingerprint density at radius 2 is 1.71 bits per heavy atom. The number of piperidine rings is 1. The molecule has 2 aromatic carbocycles. The predicted octanol–water partition coefficient (Wildman–Crippen LogP) is 7.05. The first kappa shape index (κ1) is 35.4. The highest BCUT2D eigenvalue weighted by molar-refractivity contribution is 14.1. The molecule has 3 aliphatic rings. The molecule has 5 heterocycles. The largest absolute Gasteiger partial charge is 0.494 e. The zero-order chi connectivity index (χ0) is 35.9. The molecule has 3 fully saturated rings. The molecule has 0 unspecified atom stereocenters. The second-order valence-electron chi connectivity index (χ2n) is 14.3. The fraction of sp³-hybridized carbons (Fsp3) is 0.474. The number of nitrogens with one attached hydrogen (secondary N) is 1. The van der Waals surface area contributed by atoms with E-state index >= 15 is 0 Å². The Labute approximate surface area is 324 Å². The summed E-state index contributed by atoms with van der Waals surface area (Å²) in [5.41, 5.74) is 8.07. The van der Waals surface area contributed by atoms with E-state index in [4.69, 9.17) is 19.7 Å². The Balaban J connectivity index is 1.13. The number of piperazine rings is 1. The zero-order valence-electron chi connectivity index (χ0n) is 30.7. The molecule has 1 aliphatic carbocycles. The van der Waals surface area contributed by atoms with Crippen molar-refractivity contribution in [3.05, 3.63) is 54.5 Å². The first-order chi connectivity index (χ1) is 25.3. The van der Waals surface area contributed by atoms with E-state index in [1.807, 2.05) is 25.4 Å². The molecule has 14 heteroatoms. The molecule has 5 aromatic rings. The molecule has 52 heavy (non-hydrogen) atoms. The summed E-state index contributed by atoms with van der Waals surface area (Å²) < 4.78 is 10.4. The lowest BCUT2D eigenvalue weighted by Gasteiger charge is -2.43. The smallest absolute Gasteiger partial charge is 0.233 e. The number of aromatic amines is 1. The van der Waals surface area contributed by atoms with Crippen molar-refractivity contribution < 1.29 is 4.74 Å². The van der Waals surface area contributed by atoms with E-state index < -0.39 is 0 Å². The number of H-pyrrole nitrogens is 1. The lowest BCUT2D eigenvalue weighted by Crippen LogP contribution is -2.52. The second kappa shape index (κ2) is 15.0. The van der Waals surface area contributed by atoms with Crippen LogP contribution in [0.4, 0.5) is 34.5 Å². The van der Waals surface area contributed by atoms with Gasteiger partial charge in [0.15, 0.2) is 5.82 Å². The van der Waals surface area contributed by atoms with Gasteiger partial charge in [-0.25, -0.2) is 0 Å². The van der Waals surface area contributed by atoms with Gasteiger partial charge < -0.3 is 28.7 Å². The van der Waals surface area contributed by atoms with Crippen LogP contribution in [-0.4, -0.2) is 115 Å². The van der Waals surface area contributed by atoms with E-state index in [0.717, 1.165) is 76.1 Å². The number of rotatable bonds is 11. The number of methoxy groups -OCH3 is 1. The van der Waals surface area contributed by atoms with Gasteiger partial charge in [-0.05, 0) is 74.9 Å². The molecular weight excluding hydrogens is 785 g/mol. The fourth-order valence-corrected chi connectivity index (χ4v) is 8.90. The van der Waals surface area contributed by atoms with E-state index in [1.165, 1.54) is 63.1 Å². The number of nitrogens with zero attached hydrogens (tertiary/aromatic N) is 10. The van der Waals surface area contributed by atoms with Crippen molar-refractivity contribution in [2.75, 3.05) is 91.0 Å². The number of aromatic nitrogens is 5. The number of hydrogen-bond acceptors (Lipinski definition) is 12. The summed E-state index contributed by atoms with van der Waals surface area (Å²) in [6, 6.07) is 11.4. The van der Waals surface area contributed by atoms with Gasteiger partial charge in [0.25, 0.3) is 0 Å². The molecule has 1 saturated carbocycles. The van der Waals surface area contributed by atoms with Crippen LogP contribution in [0, 0.1) is 5.92 Å². The molecule has 0 atom stereocenters. The van der Waals surface area contributed by atoms with E-state index in [2.05, 4.69) is 98.4 Å². The van der Waals surface area contributed by atoms with Crippen molar-refractivity contribution in [3.8, 4) is 5.75 Å². The van der Waals surface area contributed by atoms with E-state index in [-0.39, 0.29) is 0 Å². The predicted molar refractivity (Wildman–Crippen MR) is 223 cm³/mol. The lowest BCUT2D eigenvalue weighted by molar-refractivity contribution is 0.0982. The van der Waals surface area contributed by atoms with Crippen LogP contribution in [0.2, 0.25) is 0 Å². The van der Waals surface area contributed by atoms with Crippen LogP contribution >= 0.6 is 34.8 Å². The van der Waals surface area contributed by atoms with Crippen molar-refractivity contribution >= 4 is 91.4 Å². The third-order valence-electron chi connectivity index (χ3n) is 11.1. The number of likely N-dealkylation sites (N-methyl/N-ethyl adjacent to an activating group) is 1. The van der Waals surface area contributed by atoms with Crippen molar-refractivity contribution in [1.82, 2.24) is 34.7 Å². The van der Waals surface area contributed by atoms with Gasteiger partial charge in [0.05, 0.1) is 57.9 Å². The Bertz CT molecular complexity index is 2040. The molecule has 2 saturated heterocycles. The SMILES string of the molecule is COc1cc(N2CCC(N3CCN(C)CC3)CC2)c(CC2CC2)cc1N(C)c1nc(N(I)c2ccc3nccnc3c2N(C)SC)c2cc[nH]c2n1. The van der Waals surface area contributed by atoms with Crippen LogP contribution in [0.15, 0.2) is 48.9 Å². The van der Waals surface area contributed by atoms with Crippen LogP contribution < -0.4 is 22.0 Å². The van der Waals surface area contributed by atoms with Gasteiger partial charge in [0, 0.05) is 96.0 Å². The number of benzene rings is 2. The van der Waals surface area contributed by atoms with Gasteiger partial charge >= 0.3 is 0 Å². The molecule has 1 N–H and O–H groups in total. The average molecular weight is 834 g/mol. The van der Waals surface area contributed by atoms with Gasteiger partial charge in [0.1, 0.15) is 16.9 Å². The van der Waals surface area contributed by atoms with E-state index in [1.54, 1.807) is 31.5 Å². The Morgan fingerprint density at radius 1 is 0.942 bits per heavy atom. The maximum atomic E-state index is 6.16. The Kier molecular flexibility index (Phi) is 10.2. The molecule has 0 bridgehead atoms. The van der Waals surface area contributed by atoms with Gasteiger partial charge in [-0.2, -0.15) is 9.97 Å². The lowest BCUT2D eigenvalue weighted by atomic mass is 9.98. The van der Waals surface area contributed by atoms with Gasteiger partial charge in [-0.3, -0.25) is 18.0 Å². The summed E-state index contributed by atoms with van der Waals surface area (Å²) in [6.07, 6.45) is 13.6. The number of anilines is 6. The highest BCUT2D eigenvalue weighted by Crippen LogP contribution is 2.46. The van der Waals surface area contributed by atoms with E-state index in [0.29, 0.717) is 12.0 Å². The molecule has 12 nitrogen and oxygen atoms in total. The highest BCUT2D eigenvalue weighted by Gasteiger charge is 2.31. The van der Waals surface area contributed by atoms with Crippen LogP contribution in [0.5, 0.6) is 5.75 Å². The minimum absolute atomic E-state index is 0.586. The Hall–Kier alpha value is -3.60. The van der Waals surface area contributed by atoms with Crippen molar-refractivity contribution in [2.24, 2.45) is 5.92 Å². The fourth-order valence-electron chi connectivity index (χ4n) is 7.78. The van der Waals surface area contributed by atoms with Crippen LogP contribution in [0.3, 0.4) is 0 Å². The molecule has 0 spiro atoms. The second-order valence-corrected chi connectivity index (χ2v) is 16.2. The van der Waals surface area contributed by atoms with Crippen molar-refractivity contribution in [3.63, 3.8) is 0 Å². The monoisotopic (exact) mass is 833 g/mol. The maximum Gasteiger partial charge on any atom is 0.233 e. The molecule has 8 rings (SSSR count). The van der Waals surface area contributed by atoms with E-state index in [9.17, 15) is 0 Å². The third-order valence-corrected chi connectivity index (χ3v) is 12.8. The summed E-state index contributed by atoms with van der Waals surface area (Å²) in [7, 11) is 8.11. The first-order valence-electron chi connectivity index (χ1n) is 18.3. The average Bonchev–Trinajstić information content (AvgIpc) is 3.88. The van der Waals surface area contributed by atoms with Crippen LogP contribution in [-0.2, 0) is 6.42 Å². The summed E-state index contributed by atoms with van der Waals surface area (Å²) in [4.78, 5) is 32.8. The summed E-state index contributed by atoms with van der Waals surface area (Å²) in [5, 5.41) is 0.931. The number of ether oxygens (including phenoxy) is 1. The first-order valence-corrected chi connectivity index (χ1v) is 20.4. The van der Waals surface area contributed by atoms with Gasteiger partial charge in [-0.15, -0.1) is 0 Å². The quantitative estimate of drug-likeness (QED) is 0.0840. The summed E-state index contributed by atoms with van der Waals surface area (Å²) in [6.45, 7) is 6.85. The third kappa shape index (κ3) is 6.94. The van der Waals surface area contributed by atoms with Crippen LogP contribution in [0.1, 0.15) is 31.2 Å². The zero-order valence-corrected chi connectivity index (χ0v) is 33.7. The minimum Gasteiger partial charge on any atom is -0.494 e. The molecular formula is C38H48IN11OS. The summed E-state index contributed by atoms with van der Waals surface area (Å²) >= 11 is 3.99. The molecule has 0 amide bonds. The molecule has 3 aromatic heterocycles. The molecule has 2 aliphatic heterocycles. The van der Waals surface area contributed by atoms with Crippen molar-refractivity contribution in [1.29, 1.82) is 0 Å². The summed E-state index contributed by atoms with van der Waals surface area (Å²) in [5.74, 6) is 2.95. The topological polar surface area (TPSA) is 96.0 Å². The van der Waals surface area contributed by atoms with Crippen molar-refractivity contribution in [2.45, 2.75) is 38.1 Å². The number of fused-ring (bicyclic) bond motifs is 2. The standard InChI is InChI=1S/C38H48IN11OS/c1-45-18-20-48(21-19-45)27-11-16-49(17-12-27)31-24-33(51-4)32(23-26(31)22-25-6-7-25)46(2)38-43-36-28(10-13-42-36)37(44-38)50(39)30-9-8-29-34(41-15-14-40-29)35(30)47(3)52-5/h8-10,13-15,23-25,27H,6-7,11-12,16-22H2,1-5H3,(H,42,43,44). The maximum absolute atomic E-state index is 6.16.